The number of hydrogen-bond acceptors (Lipinski definition) is 1. The molecule has 0 unspecified atom stereocenters. The van der Waals surface area contributed by atoms with E-state index in [0.29, 0.717) is 5.41 Å². The molecule has 1 nitrogen and oxygen atoms in total. The fourth-order valence-electron chi connectivity index (χ4n) is 3.22. The van der Waals surface area contributed by atoms with Gasteiger partial charge in [-0.15, -0.1) is 0 Å². The highest BCUT2D eigenvalue weighted by Gasteiger charge is 2.25. The minimum Gasteiger partial charge on any atom is -0.313 e. The summed E-state index contributed by atoms with van der Waals surface area (Å²) in [6.07, 6.45) is 10.7. The average Bonchev–Trinajstić information content (AvgIpc) is 3.27. The largest absolute Gasteiger partial charge is 0.313 e. The maximum Gasteiger partial charge on any atom is 0.00684 e. The molecule has 1 N–H and O–H groups in total. The smallest absolute Gasteiger partial charge is 0.00684 e. The Kier molecular flexibility index (Phi) is 4.16. The lowest BCUT2D eigenvalue weighted by molar-refractivity contribution is 0.313. The second-order valence-electron chi connectivity index (χ2n) is 7.63. The van der Waals surface area contributed by atoms with Crippen molar-refractivity contribution in [3.8, 4) is 0 Å². The Morgan fingerprint density at radius 2 is 1.85 bits per heavy atom. The highest BCUT2D eigenvalue weighted by atomic mass is 15.0. The first-order valence-electron chi connectivity index (χ1n) is 8.46. The normalized spacial score (nSPS) is 18.9. The number of aryl methyl sites for hydroxylation is 3. The second-order valence-corrected chi connectivity index (χ2v) is 7.63. The maximum absolute atomic E-state index is 3.68. The Hall–Kier alpha value is -0.820. The molecule has 0 spiro atoms. The molecule has 1 aromatic carbocycles. The number of nitrogens with one attached hydrogen (secondary N) is 1. The van der Waals surface area contributed by atoms with Crippen molar-refractivity contribution in [2.75, 3.05) is 6.54 Å². The van der Waals surface area contributed by atoms with E-state index in [-0.39, 0.29) is 0 Å². The lowest BCUT2D eigenvalue weighted by Gasteiger charge is -2.25. The fourth-order valence-corrected chi connectivity index (χ4v) is 3.22. The van der Waals surface area contributed by atoms with Crippen molar-refractivity contribution in [3.05, 3.63) is 34.9 Å². The first kappa shape index (κ1) is 14.1. The summed E-state index contributed by atoms with van der Waals surface area (Å²) >= 11 is 0. The van der Waals surface area contributed by atoms with Crippen LogP contribution in [-0.4, -0.2) is 12.6 Å². The maximum atomic E-state index is 3.68. The predicted molar refractivity (Wildman–Crippen MR) is 86.2 cm³/mol. The Morgan fingerprint density at radius 3 is 2.60 bits per heavy atom. The van der Waals surface area contributed by atoms with Crippen LogP contribution in [0.2, 0.25) is 0 Å². The van der Waals surface area contributed by atoms with Crippen LogP contribution in [0.3, 0.4) is 0 Å². The van der Waals surface area contributed by atoms with E-state index in [4.69, 9.17) is 0 Å². The van der Waals surface area contributed by atoms with E-state index in [1.54, 1.807) is 16.7 Å². The van der Waals surface area contributed by atoms with Gasteiger partial charge >= 0.3 is 0 Å². The quantitative estimate of drug-likeness (QED) is 0.814. The van der Waals surface area contributed by atoms with Crippen LogP contribution in [0.4, 0.5) is 0 Å². The summed E-state index contributed by atoms with van der Waals surface area (Å²) < 4.78 is 0. The van der Waals surface area contributed by atoms with Crippen LogP contribution in [-0.2, 0) is 19.3 Å². The molecule has 0 saturated heterocycles. The van der Waals surface area contributed by atoms with Gasteiger partial charge in [0.2, 0.25) is 0 Å². The van der Waals surface area contributed by atoms with Crippen LogP contribution in [0.5, 0.6) is 0 Å². The highest BCUT2D eigenvalue weighted by Crippen LogP contribution is 2.27. The molecule has 0 bridgehead atoms. The summed E-state index contributed by atoms with van der Waals surface area (Å²) in [5, 5.41) is 3.68. The third-order valence-electron chi connectivity index (χ3n) is 4.95. The molecule has 20 heavy (non-hydrogen) atoms. The van der Waals surface area contributed by atoms with Gasteiger partial charge in [-0.05, 0) is 73.5 Å². The second kappa shape index (κ2) is 5.89. The van der Waals surface area contributed by atoms with Gasteiger partial charge < -0.3 is 5.32 Å². The highest BCUT2D eigenvalue weighted by molar-refractivity contribution is 5.33. The number of fused-ring (bicyclic) bond motifs is 1. The van der Waals surface area contributed by atoms with Gasteiger partial charge in [-0.1, -0.05) is 32.0 Å². The first-order chi connectivity index (χ1) is 9.62. The molecule has 110 valence electrons. The molecule has 1 aromatic rings. The van der Waals surface area contributed by atoms with Crippen LogP contribution >= 0.6 is 0 Å². The summed E-state index contributed by atoms with van der Waals surface area (Å²) in [6.45, 7) is 5.98. The van der Waals surface area contributed by atoms with E-state index >= 15 is 0 Å². The molecule has 1 fully saturated rings. The van der Waals surface area contributed by atoms with E-state index in [1.807, 2.05) is 0 Å². The van der Waals surface area contributed by atoms with Crippen LogP contribution in [0.1, 0.15) is 62.6 Å². The number of rotatable bonds is 6. The van der Waals surface area contributed by atoms with Gasteiger partial charge in [0.15, 0.2) is 0 Å². The minimum absolute atomic E-state index is 0.415. The summed E-state index contributed by atoms with van der Waals surface area (Å²) in [4.78, 5) is 0. The first-order valence-corrected chi connectivity index (χ1v) is 8.46. The SMILES string of the molecule is CC(C)(CCc1ccc2c(c1)CCCC2)CNC1CC1. The molecule has 0 amide bonds. The molecule has 0 aliphatic heterocycles. The average molecular weight is 271 g/mol. The van der Waals surface area contributed by atoms with Crippen LogP contribution in [0, 0.1) is 5.41 Å². The minimum atomic E-state index is 0.415. The predicted octanol–water partition coefficient (Wildman–Crippen LogP) is 4.28. The molecule has 0 radical (unpaired) electrons. The van der Waals surface area contributed by atoms with E-state index in [1.165, 1.54) is 57.9 Å². The van der Waals surface area contributed by atoms with E-state index in [9.17, 15) is 0 Å². The molecule has 0 heterocycles. The Morgan fingerprint density at radius 1 is 1.10 bits per heavy atom. The summed E-state index contributed by atoms with van der Waals surface area (Å²) in [6, 6.07) is 8.07. The van der Waals surface area contributed by atoms with E-state index in [0.717, 1.165) is 6.04 Å². The van der Waals surface area contributed by atoms with Gasteiger partial charge in [-0.2, -0.15) is 0 Å². The molecule has 0 aromatic heterocycles. The standard InChI is InChI=1S/C19H29N/c1-19(2,14-20-18-9-10-18)12-11-15-7-8-16-5-3-4-6-17(16)13-15/h7-8,13,18,20H,3-6,9-12,14H2,1-2H3. The van der Waals surface area contributed by atoms with Crippen molar-refractivity contribution >= 4 is 0 Å². The molecule has 2 aliphatic rings. The van der Waals surface area contributed by atoms with Gasteiger partial charge in [-0.25, -0.2) is 0 Å². The monoisotopic (exact) mass is 271 g/mol. The zero-order valence-electron chi connectivity index (χ0n) is 13.2. The summed E-state index contributed by atoms with van der Waals surface area (Å²) in [7, 11) is 0. The lowest BCUT2D eigenvalue weighted by atomic mass is 9.84. The molecule has 1 heteroatoms. The Labute approximate surface area is 124 Å². The molecule has 1 saturated carbocycles. The molecule has 3 rings (SSSR count). The fraction of sp³-hybridized carbons (Fsp3) is 0.684. The summed E-state index contributed by atoms with van der Waals surface area (Å²) in [5.41, 5.74) is 5.20. The van der Waals surface area contributed by atoms with Gasteiger partial charge in [0.25, 0.3) is 0 Å². The molecular weight excluding hydrogens is 242 g/mol. The van der Waals surface area contributed by atoms with E-state index in [2.05, 4.69) is 37.4 Å². The third kappa shape index (κ3) is 3.85. The zero-order valence-corrected chi connectivity index (χ0v) is 13.2. The van der Waals surface area contributed by atoms with E-state index < -0.39 is 0 Å². The summed E-state index contributed by atoms with van der Waals surface area (Å²) in [5.74, 6) is 0. The van der Waals surface area contributed by atoms with Crippen molar-refractivity contribution in [1.29, 1.82) is 0 Å². The molecule has 0 atom stereocenters. The van der Waals surface area contributed by atoms with Crippen LogP contribution in [0.15, 0.2) is 18.2 Å². The Balaban J connectivity index is 1.54. The van der Waals surface area contributed by atoms with Crippen LogP contribution < -0.4 is 5.32 Å². The van der Waals surface area contributed by atoms with Gasteiger partial charge in [0, 0.05) is 12.6 Å². The van der Waals surface area contributed by atoms with Crippen molar-refractivity contribution in [2.45, 2.75) is 71.3 Å². The van der Waals surface area contributed by atoms with Crippen molar-refractivity contribution in [1.82, 2.24) is 5.32 Å². The molecular formula is C19H29N. The third-order valence-corrected chi connectivity index (χ3v) is 4.95. The Bertz CT molecular complexity index is 457. The van der Waals surface area contributed by atoms with Gasteiger partial charge in [0.05, 0.1) is 0 Å². The zero-order chi connectivity index (χ0) is 14.0. The van der Waals surface area contributed by atoms with Crippen LogP contribution in [0.25, 0.3) is 0 Å². The topological polar surface area (TPSA) is 12.0 Å². The number of benzene rings is 1. The van der Waals surface area contributed by atoms with Gasteiger partial charge in [0.1, 0.15) is 0 Å². The number of hydrogen-bond donors (Lipinski definition) is 1. The lowest BCUT2D eigenvalue weighted by Crippen LogP contribution is -2.31. The van der Waals surface area contributed by atoms with Crippen molar-refractivity contribution in [3.63, 3.8) is 0 Å². The van der Waals surface area contributed by atoms with Crippen molar-refractivity contribution in [2.24, 2.45) is 5.41 Å². The molecule has 2 aliphatic carbocycles. The van der Waals surface area contributed by atoms with Gasteiger partial charge in [-0.3, -0.25) is 0 Å². The van der Waals surface area contributed by atoms with Crippen molar-refractivity contribution < 1.29 is 0 Å².